The molecule has 4 heteroatoms. The van der Waals surface area contributed by atoms with Crippen molar-refractivity contribution < 1.29 is 4.42 Å². The molecule has 0 aliphatic heterocycles. The number of rotatable bonds is 1. The zero-order chi connectivity index (χ0) is 7.68. The highest BCUT2D eigenvalue weighted by atomic mass is 79.9. The van der Waals surface area contributed by atoms with Gasteiger partial charge in [-0.2, -0.15) is 0 Å². The Hall–Kier alpha value is -0.610. The summed E-state index contributed by atoms with van der Waals surface area (Å²) >= 11 is 4.97. The van der Waals surface area contributed by atoms with Crippen LogP contribution in [0.25, 0.3) is 10.8 Å². The second kappa shape index (κ2) is 2.79. The van der Waals surface area contributed by atoms with Crippen molar-refractivity contribution in [2.45, 2.75) is 0 Å². The fourth-order valence-corrected chi connectivity index (χ4v) is 2.10. The second-order valence-electron chi connectivity index (χ2n) is 1.94. The Kier molecular flexibility index (Phi) is 1.79. The molecule has 2 nitrogen and oxygen atoms in total. The van der Waals surface area contributed by atoms with Crippen LogP contribution in [0.4, 0.5) is 0 Å². The van der Waals surface area contributed by atoms with Crippen molar-refractivity contribution in [3.05, 3.63) is 28.4 Å². The van der Waals surface area contributed by atoms with Crippen molar-refractivity contribution in [3.63, 3.8) is 0 Å². The SMILES string of the molecule is Brc1ccc(-c2ncco2)s1. The van der Waals surface area contributed by atoms with Gasteiger partial charge in [0.1, 0.15) is 6.26 Å². The molecule has 0 saturated heterocycles. The molecule has 0 spiro atoms. The van der Waals surface area contributed by atoms with Gasteiger partial charge in [-0.1, -0.05) is 0 Å². The minimum atomic E-state index is 0.681. The third kappa shape index (κ3) is 1.36. The monoisotopic (exact) mass is 229 g/mol. The van der Waals surface area contributed by atoms with E-state index in [1.54, 1.807) is 23.8 Å². The molecule has 0 N–H and O–H groups in total. The molecular weight excluding hydrogens is 226 g/mol. The highest BCUT2D eigenvalue weighted by Gasteiger charge is 2.03. The number of thiophene rings is 1. The van der Waals surface area contributed by atoms with E-state index >= 15 is 0 Å². The van der Waals surface area contributed by atoms with Crippen LogP contribution in [0.1, 0.15) is 0 Å². The zero-order valence-electron chi connectivity index (χ0n) is 5.45. The zero-order valence-corrected chi connectivity index (χ0v) is 7.85. The number of halogens is 1. The summed E-state index contributed by atoms with van der Waals surface area (Å²) < 4.78 is 6.20. The maximum absolute atomic E-state index is 5.11. The second-order valence-corrected chi connectivity index (χ2v) is 4.40. The molecule has 0 saturated carbocycles. The van der Waals surface area contributed by atoms with Crippen molar-refractivity contribution in [1.29, 1.82) is 0 Å². The average Bonchev–Trinajstić information content (AvgIpc) is 2.55. The molecule has 0 amide bonds. The van der Waals surface area contributed by atoms with Crippen LogP contribution >= 0.6 is 27.3 Å². The average molecular weight is 230 g/mol. The lowest BCUT2D eigenvalue weighted by molar-refractivity contribution is 0.576. The van der Waals surface area contributed by atoms with Crippen LogP contribution in [0.2, 0.25) is 0 Å². The van der Waals surface area contributed by atoms with E-state index < -0.39 is 0 Å². The first kappa shape index (κ1) is 7.06. The summed E-state index contributed by atoms with van der Waals surface area (Å²) in [5, 5.41) is 0. The van der Waals surface area contributed by atoms with Crippen molar-refractivity contribution in [2.75, 3.05) is 0 Å². The maximum Gasteiger partial charge on any atom is 0.236 e. The van der Waals surface area contributed by atoms with Gasteiger partial charge < -0.3 is 4.42 Å². The third-order valence-electron chi connectivity index (χ3n) is 1.22. The molecule has 56 valence electrons. The Morgan fingerprint density at radius 3 is 2.91 bits per heavy atom. The van der Waals surface area contributed by atoms with E-state index in [2.05, 4.69) is 20.9 Å². The van der Waals surface area contributed by atoms with Crippen LogP contribution < -0.4 is 0 Å². The lowest BCUT2D eigenvalue weighted by atomic mass is 10.5. The van der Waals surface area contributed by atoms with Crippen LogP contribution in [-0.2, 0) is 0 Å². The quantitative estimate of drug-likeness (QED) is 0.751. The molecule has 2 heterocycles. The predicted molar refractivity (Wildman–Crippen MR) is 47.5 cm³/mol. The summed E-state index contributed by atoms with van der Waals surface area (Å²) in [6.07, 6.45) is 3.21. The van der Waals surface area contributed by atoms with Gasteiger partial charge in [0.15, 0.2) is 0 Å². The summed E-state index contributed by atoms with van der Waals surface area (Å²) in [6, 6.07) is 3.95. The normalized spacial score (nSPS) is 10.3. The minimum absolute atomic E-state index is 0.681. The van der Waals surface area contributed by atoms with Crippen molar-refractivity contribution in [3.8, 4) is 10.8 Å². The Morgan fingerprint density at radius 1 is 1.45 bits per heavy atom. The van der Waals surface area contributed by atoms with E-state index in [4.69, 9.17) is 4.42 Å². The molecule has 0 radical (unpaired) electrons. The predicted octanol–water partition coefficient (Wildman–Crippen LogP) is 3.17. The summed E-state index contributed by atoms with van der Waals surface area (Å²) in [7, 11) is 0. The first-order chi connectivity index (χ1) is 5.36. The topological polar surface area (TPSA) is 26.0 Å². The van der Waals surface area contributed by atoms with Gasteiger partial charge >= 0.3 is 0 Å². The summed E-state index contributed by atoms with van der Waals surface area (Å²) in [5.41, 5.74) is 0. The van der Waals surface area contributed by atoms with Crippen LogP contribution in [0.3, 0.4) is 0 Å². The van der Waals surface area contributed by atoms with Crippen molar-refractivity contribution in [1.82, 2.24) is 4.98 Å². The standard InChI is InChI=1S/C7H4BrNOS/c8-6-2-1-5(11-6)7-9-3-4-10-7/h1-4H. The van der Waals surface area contributed by atoms with Crippen LogP contribution in [0.15, 0.2) is 32.8 Å². The number of hydrogen-bond acceptors (Lipinski definition) is 3. The molecule has 11 heavy (non-hydrogen) atoms. The third-order valence-corrected chi connectivity index (χ3v) is 2.83. The molecule has 0 aromatic carbocycles. The van der Waals surface area contributed by atoms with Gasteiger partial charge in [-0.3, -0.25) is 0 Å². The number of oxazole rings is 1. The van der Waals surface area contributed by atoms with Gasteiger partial charge in [0, 0.05) is 0 Å². The Balaban J connectivity index is 2.45. The van der Waals surface area contributed by atoms with E-state index in [1.807, 2.05) is 12.1 Å². The molecule has 2 aromatic heterocycles. The van der Waals surface area contributed by atoms with Gasteiger partial charge in [-0.25, -0.2) is 4.98 Å². The molecule has 0 aliphatic rings. The molecular formula is C7H4BrNOS. The first-order valence-corrected chi connectivity index (χ1v) is 4.62. The number of hydrogen-bond donors (Lipinski definition) is 0. The summed E-state index contributed by atoms with van der Waals surface area (Å²) in [4.78, 5) is 5.07. The van der Waals surface area contributed by atoms with E-state index in [-0.39, 0.29) is 0 Å². The molecule has 0 fully saturated rings. The lowest BCUT2D eigenvalue weighted by Crippen LogP contribution is -1.65. The number of nitrogens with zero attached hydrogens (tertiary/aromatic N) is 1. The van der Waals surface area contributed by atoms with Gasteiger partial charge in [-0.05, 0) is 28.1 Å². The maximum atomic E-state index is 5.11. The Bertz CT molecular complexity index is 341. The molecule has 0 atom stereocenters. The molecule has 2 aromatic rings. The summed E-state index contributed by atoms with van der Waals surface area (Å²) in [5.74, 6) is 0.681. The van der Waals surface area contributed by atoms with Crippen LogP contribution in [0, 0.1) is 0 Å². The molecule has 0 unspecified atom stereocenters. The van der Waals surface area contributed by atoms with Gasteiger partial charge in [0.2, 0.25) is 5.89 Å². The van der Waals surface area contributed by atoms with Gasteiger partial charge in [-0.15, -0.1) is 11.3 Å². The van der Waals surface area contributed by atoms with Crippen LogP contribution in [0.5, 0.6) is 0 Å². The minimum Gasteiger partial charge on any atom is -0.444 e. The van der Waals surface area contributed by atoms with E-state index in [0.717, 1.165) is 8.66 Å². The fraction of sp³-hybridized carbons (Fsp3) is 0. The van der Waals surface area contributed by atoms with E-state index in [1.165, 1.54) is 0 Å². The molecule has 2 rings (SSSR count). The smallest absolute Gasteiger partial charge is 0.236 e. The van der Waals surface area contributed by atoms with E-state index in [0.29, 0.717) is 5.89 Å². The Labute approximate surface area is 76.0 Å². The van der Waals surface area contributed by atoms with Crippen molar-refractivity contribution >= 4 is 27.3 Å². The largest absolute Gasteiger partial charge is 0.444 e. The van der Waals surface area contributed by atoms with Gasteiger partial charge in [0.25, 0.3) is 0 Å². The lowest BCUT2D eigenvalue weighted by Gasteiger charge is -1.83. The van der Waals surface area contributed by atoms with E-state index in [9.17, 15) is 0 Å². The highest BCUT2D eigenvalue weighted by molar-refractivity contribution is 9.11. The molecule has 0 aliphatic carbocycles. The van der Waals surface area contributed by atoms with Gasteiger partial charge in [0.05, 0.1) is 14.9 Å². The fourth-order valence-electron chi connectivity index (χ4n) is 0.774. The Morgan fingerprint density at radius 2 is 2.36 bits per heavy atom. The summed E-state index contributed by atoms with van der Waals surface area (Å²) in [6.45, 7) is 0. The number of aromatic nitrogens is 1. The molecule has 0 bridgehead atoms. The first-order valence-electron chi connectivity index (χ1n) is 3.01. The highest BCUT2D eigenvalue weighted by Crippen LogP contribution is 2.29. The van der Waals surface area contributed by atoms with Crippen molar-refractivity contribution in [2.24, 2.45) is 0 Å². The van der Waals surface area contributed by atoms with Crippen LogP contribution in [-0.4, -0.2) is 4.98 Å².